The molecule has 0 saturated heterocycles. The largest absolute Gasteiger partial charge is 0.325 e. The number of thioether (sulfide) groups is 1. The van der Waals surface area contributed by atoms with E-state index in [1.165, 1.54) is 11.8 Å². The van der Waals surface area contributed by atoms with E-state index in [2.05, 4.69) is 10.3 Å². The Bertz CT molecular complexity index is 825. The predicted octanol–water partition coefficient (Wildman–Crippen LogP) is 3.51. The van der Waals surface area contributed by atoms with Crippen LogP contribution >= 0.6 is 11.8 Å². The average molecular weight is 372 g/mol. The van der Waals surface area contributed by atoms with E-state index in [1.807, 2.05) is 64.1 Å². The van der Waals surface area contributed by atoms with Crippen molar-refractivity contribution in [3.05, 3.63) is 59.7 Å². The lowest BCUT2D eigenvalue weighted by molar-refractivity contribution is -0.113. The van der Waals surface area contributed by atoms with Crippen molar-refractivity contribution in [3.63, 3.8) is 0 Å². The van der Waals surface area contributed by atoms with E-state index in [9.17, 15) is 9.59 Å². The number of hydrogen-bond donors (Lipinski definition) is 1. The number of nitrogens with zero attached hydrogens (tertiary/aromatic N) is 2. The molecule has 0 saturated carbocycles. The lowest BCUT2D eigenvalue weighted by Crippen LogP contribution is -2.33. The van der Waals surface area contributed by atoms with E-state index in [0.717, 1.165) is 11.3 Å². The highest BCUT2D eigenvalue weighted by Crippen LogP contribution is 2.14. The van der Waals surface area contributed by atoms with Gasteiger partial charge in [0.15, 0.2) is 0 Å². The quantitative estimate of drug-likeness (QED) is 0.845. The van der Waals surface area contributed by atoms with Gasteiger partial charge in [-0.2, -0.15) is 0 Å². The van der Waals surface area contributed by atoms with Gasteiger partial charge in [-0.3, -0.25) is 19.1 Å². The molecule has 1 heterocycles. The molecule has 0 spiro atoms. The summed E-state index contributed by atoms with van der Waals surface area (Å²) >= 11 is 1.31. The van der Waals surface area contributed by atoms with E-state index < -0.39 is 0 Å². The van der Waals surface area contributed by atoms with E-state index in [4.69, 9.17) is 0 Å². The van der Waals surface area contributed by atoms with Crippen LogP contribution in [0.25, 0.3) is 0 Å². The first-order valence-electron chi connectivity index (χ1n) is 8.60. The first kappa shape index (κ1) is 20.0. The Morgan fingerprint density at radius 3 is 2.46 bits per heavy atom. The highest BCUT2D eigenvalue weighted by Gasteiger charge is 2.17. The topological polar surface area (TPSA) is 63.5 Å². The molecule has 138 valence electrons. The molecule has 0 aliphatic carbocycles. The van der Waals surface area contributed by atoms with Crippen LogP contribution in [0.1, 0.15) is 31.1 Å². The summed E-state index contributed by atoms with van der Waals surface area (Å²) in [5.41, 5.74) is 2.53. The van der Waals surface area contributed by atoms with E-state index in [-0.39, 0.29) is 28.9 Å². The number of benzene rings is 1. The van der Waals surface area contributed by atoms with Gasteiger partial charge in [-0.25, -0.2) is 0 Å². The fourth-order valence-corrected chi connectivity index (χ4v) is 3.02. The first-order valence-corrected chi connectivity index (χ1v) is 9.65. The molecule has 0 bridgehead atoms. The monoisotopic (exact) mass is 371 g/mol. The van der Waals surface area contributed by atoms with Crippen LogP contribution in [0.5, 0.6) is 0 Å². The summed E-state index contributed by atoms with van der Waals surface area (Å²) in [6.45, 7) is 7.74. The van der Waals surface area contributed by atoms with E-state index >= 15 is 0 Å². The summed E-state index contributed by atoms with van der Waals surface area (Å²) in [6.07, 6.45) is 1.72. The van der Waals surface area contributed by atoms with Gasteiger partial charge >= 0.3 is 0 Å². The zero-order valence-electron chi connectivity index (χ0n) is 15.6. The van der Waals surface area contributed by atoms with Crippen LogP contribution in [-0.2, 0) is 4.79 Å². The molecule has 6 heteroatoms. The average Bonchev–Trinajstić information content (AvgIpc) is 2.61. The Morgan fingerprint density at radius 2 is 1.81 bits per heavy atom. The van der Waals surface area contributed by atoms with Crippen molar-refractivity contribution in [2.45, 2.75) is 39.0 Å². The van der Waals surface area contributed by atoms with Crippen LogP contribution in [0.4, 0.5) is 5.69 Å². The van der Waals surface area contributed by atoms with Crippen molar-refractivity contribution >= 4 is 29.3 Å². The van der Waals surface area contributed by atoms with Crippen molar-refractivity contribution in [1.29, 1.82) is 0 Å². The molecular formula is C20H25N3O2S. The second-order valence-electron chi connectivity index (χ2n) is 6.36. The van der Waals surface area contributed by atoms with Gasteiger partial charge in [0, 0.05) is 17.9 Å². The number of amides is 1. The van der Waals surface area contributed by atoms with Crippen LogP contribution in [-0.4, -0.2) is 33.4 Å². The standard InChI is InChI=1S/C20H25N3O2S/c1-14(2)21-18-7-5-6-12-23(18)20(25)16(4)26-13-19(24)22-17-10-8-15(3)9-11-17/h5-12,14,16H,13H2,1-4H3,(H,22,24). The van der Waals surface area contributed by atoms with Crippen LogP contribution in [0.2, 0.25) is 0 Å². The molecule has 0 radical (unpaired) electrons. The van der Waals surface area contributed by atoms with Crippen molar-refractivity contribution in [3.8, 4) is 0 Å². The van der Waals surface area contributed by atoms with Gasteiger partial charge in [-0.05, 0) is 52.0 Å². The highest BCUT2D eigenvalue weighted by atomic mass is 32.2. The number of hydrogen-bond acceptors (Lipinski definition) is 4. The molecular weight excluding hydrogens is 346 g/mol. The number of anilines is 1. The summed E-state index contributed by atoms with van der Waals surface area (Å²) in [6, 6.07) is 13.2. The van der Waals surface area contributed by atoms with Crippen molar-refractivity contribution in [1.82, 2.24) is 4.57 Å². The molecule has 1 N–H and O–H groups in total. The smallest absolute Gasteiger partial charge is 0.245 e. The maximum Gasteiger partial charge on any atom is 0.245 e. The molecule has 0 aliphatic rings. The van der Waals surface area contributed by atoms with Gasteiger partial charge in [0.2, 0.25) is 11.8 Å². The molecule has 2 rings (SSSR count). The minimum absolute atomic E-state index is 0.0851. The number of nitrogens with one attached hydrogen (secondary N) is 1. The molecule has 1 aromatic carbocycles. The minimum atomic E-state index is -0.354. The maximum atomic E-state index is 12.7. The Balaban J connectivity index is 1.97. The molecule has 1 atom stereocenters. The number of pyridine rings is 1. The zero-order chi connectivity index (χ0) is 19.1. The fourth-order valence-electron chi connectivity index (χ4n) is 2.29. The number of aryl methyl sites for hydroxylation is 1. The second-order valence-corrected chi connectivity index (χ2v) is 7.69. The first-order chi connectivity index (χ1) is 12.4. The number of carbonyl (C=O) groups excluding carboxylic acids is 2. The number of aromatic nitrogens is 1. The van der Waals surface area contributed by atoms with Crippen LogP contribution in [0, 0.1) is 6.92 Å². The normalized spacial score (nSPS) is 12.9. The SMILES string of the molecule is Cc1ccc(NC(=O)CSC(C)C(=O)n2ccccc2=NC(C)C)cc1. The third-order valence-corrected chi connectivity index (χ3v) is 4.74. The van der Waals surface area contributed by atoms with Crippen LogP contribution in [0.3, 0.4) is 0 Å². The summed E-state index contributed by atoms with van der Waals surface area (Å²) in [7, 11) is 0. The van der Waals surface area contributed by atoms with Gasteiger partial charge in [-0.15, -0.1) is 11.8 Å². The second kappa shape index (κ2) is 9.38. The Morgan fingerprint density at radius 1 is 1.12 bits per heavy atom. The van der Waals surface area contributed by atoms with E-state index in [0.29, 0.717) is 5.49 Å². The van der Waals surface area contributed by atoms with Gasteiger partial charge in [0.05, 0.1) is 11.0 Å². The van der Waals surface area contributed by atoms with Gasteiger partial charge in [0.1, 0.15) is 5.49 Å². The summed E-state index contributed by atoms with van der Waals surface area (Å²) in [5.74, 6) is 0.00645. The fraction of sp³-hybridized carbons (Fsp3) is 0.350. The summed E-state index contributed by atoms with van der Waals surface area (Å²) < 4.78 is 1.55. The van der Waals surface area contributed by atoms with Gasteiger partial charge in [-0.1, -0.05) is 23.8 Å². The molecule has 0 fully saturated rings. The molecule has 2 aromatic rings. The van der Waals surface area contributed by atoms with Crippen LogP contribution < -0.4 is 10.8 Å². The van der Waals surface area contributed by atoms with Crippen molar-refractivity contribution < 1.29 is 9.59 Å². The predicted molar refractivity (Wildman–Crippen MR) is 107 cm³/mol. The Labute approximate surface area is 158 Å². The Kier molecular flexibility index (Phi) is 7.21. The highest BCUT2D eigenvalue weighted by molar-refractivity contribution is 8.01. The maximum absolute atomic E-state index is 12.7. The minimum Gasteiger partial charge on any atom is -0.325 e. The number of carbonyl (C=O) groups is 2. The van der Waals surface area contributed by atoms with E-state index in [1.54, 1.807) is 16.8 Å². The zero-order valence-corrected chi connectivity index (χ0v) is 16.4. The van der Waals surface area contributed by atoms with Gasteiger partial charge in [0.25, 0.3) is 0 Å². The molecule has 0 aliphatic heterocycles. The lowest BCUT2D eigenvalue weighted by Gasteiger charge is -2.13. The van der Waals surface area contributed by atoms with Gasteiger partial charge < -0.3 is 5.32 Å². The Hall–Kier alpha value is -2.34. The third kappa shape index (κ3) is 5.88. The van der Waals surface area contributed by atoms with Crippen LogP contribution in [0.15, 0.2) is 53.7 Å². The molecule has 1 unspecified atom stereocenters. The summed E-state index contributed by atoms with van der Waals surface area (Å²) in [4.78, 5) is 29.3. The molecule has 1 aromatic heterocycles. The van der Waals surface area contributed by atoms with Crippen molar-refractivity contribution in [2.24, 2.45) is 4.99 Å². The number of rotatable bonds is 6. The van der Waals surface area contributed by atoms with Crippen molar-refractivity contribution in [2.75, 3.05) is 11.1 Å². The third-order valence-electron chi connectivity index (χ3n) is 3.61. The lowest BCUT2D eigenvalue weighted by atomic mass is 10.2. The molecule has 1 amide bonds. The summed E-state index contributed by atoms with van der Waals surface area (Å²) in [5, 5.41) is 2.49. The molecule has 26 heavy (non-hydrogen) atoms. The molecule has 5 nitrogen and oxygen atoms in total.